The fraction of sp³-hybridized carbons (Fsp3) is 0.320. The van der Waals surface area contributed by atoms with Gasteiger partial charge >= 0.3 is 0 Å². The first-order chi connectivity index (χ1) is 15.6. The molecule has 0 unspecified atom stereocenters. The summed E-state index contributed by atoms with van der Waals surface area (Å²) in [6.07, 6.45) is 6.21. The molecule has 0 aliphatic heterocycles. The lowest BCUT2D eigenvalue weighted by molar-refractivity contribution is -0.131. The predicted molar refractivity (Wildman–Crippen MR) is 128 cm³/mol. The number of benzene rings is 2. The third-order valence-corrected chi connectivity index (χ3v) is 5.46. The van der Waals surface area contributed by atoms with E-state index in [0.29, 0.717) is 26.1 Å². The number of hydrogen-bond donors (Lipinski definition) is 3. The van der Waals surface area contributed by atoms with Crippen molar-refractivity contribution in [3.05, 3.63) is 90.0 Å². The Kier molecular flexibility index (Phi) is 8.86. The van der Waals surface area contributed by atoms with Gasteiger partial charge in [-0.15, -0.1) is 0 Å². The first-order valence-corrected chi connectivity index (χ1v) is 11.0. The van der Waals surface area contributed by atoms with Crippen molar-refractivity contribution >= 4 is 11.9 Å². The summed E-state index contributed by atoms with van der Waals surface area (Å²) in [6.45, 7) is 1.79. The van der Waals surface area contributed by atoms with Gasteiger partial charge < -0.3 is 21.4 Å². The topological polar surface area (TPSA) is 113 Å². The van der Waals surface area contributed by atoms with Crippen molar-refractivity contribution in [1.29, 1.82) is 0 Å². The van der Waals surface area contributed by atoms with E-state index in [9.17, 15) is 4.79 Å². The number of rotatable bonds is 12. The van der Waals surface area contributed by atoms with Gasteiger partial charge in [0.05, 0.1) is 6.33 Å². The highest BCUT2D eigenvalue weighted by Crippen LogP contribution is 2.26. The minimum Gasteiger partial charge on any atom is -0.370 e. The van der Waals surface area contributed by atoms with Gasteiger partial charge in [0.1, 0.15) is 0 Å². The molecular weight excluding hydrogens is 400 g/mol. The Labute approximate surface area is 189 Å². The molecule has 0 radical (unpaired) electrons. The van der Waals surface area contributed by atoms with E-state index in [0.717, 1.165) is 25.0 Å². The smallest absolute Gasteiger partial charge is 0.222 e. The summed E-state index contributed by atoms with van der Waals surface area (Å²) in [5.41, 5.74) is 14.2. The number of aromatic nitrogens is 2. The number of imidazole rings is 1. The largest absolute Gasteiger partial charge is 0.370 e. The van der Waals surface area contributed by atoms with Crippen LogP contribution >= 0.6 is 0 Å². The van der Waals surface area contributed by atoms with Crippen LogP contribution in [0.2, 0.25) is 0 Å². The number of nitrogens with one attached hydrogen (secondary N) is 1. The van der Waals surface area contributed by atoms with E-state index in [1.54, 1.807) is 6.33 Å². The van der Waals surface area contributed by atoms with Crippen molar-refractivity contribution in [3.63, 3.8) is 0 Å². The molecule has 0 atom stereocenters. The first-order valence-electron chi connectivity index (χ1n) is 11.0. The van der Waals surface area contributed by atoms with Crippen molar-refractivity contribution in [2.45, 2.75) is 31.6 Å². The van der Waals surface area contributed by atoms with Crippen LogP contribution in [0, 0.1) is 0 Å². The van der Waals surface area contributed by atoms with E-state index in [2.05, 4.69) is 39.2 Å². The standard InChI is InChI=1S/C25H32N6O/c26-25(27)29-15-8-7-13-24(32)31(16-14-22-17-28-19-30-22)18-23(20-9-3-1-4-10-20)21-11-5-2-6-12-21/h1-6,9-12,17,19,23H,7-8,13-16,18H2,(H,28,30)(H4,26,27,29). The van der Waals surface area contributed by atoms with Crippen LogP contribution in [0.25, 0.3) is 0 Å². The molecule has 5 N–H and O–H groups in total. The van der Waals surface area contributed by atoms with Gasteiger partial charge in [-0.2, -0.15) is 0 Å². The van der Waals surface area contributed by atoms with Crippen LogP contribution < -0.4 is 11.5 Å². The first kappa shape index (κ1) is 23.1. The maximum atomic E-state index is 13.2. The molecule has 1 heterocycles. The zero-order valence-corrected chi connectivity index (χ0v) is 18.4. The predicted octanol–water partition coefficient (Wildman–Crippen LogP) is 3.06. The molecule has 1 aromatic heterocycles. The Morgan fingerprint density at radius 1 is 1.00 bits per heavy atom. The Morgan fingerprint density at radius 3 is 2.22 bits per heavy atom. The highest BCUT2D eigenvalue weighted by molar-refractivity contribution is 5.76. The maximum absolute atomic E-state index is 13.2. The van der Waals surface area contributed by atoms with Crippen molar-refractivity contribution in [1.82, 2.24) is 14.9 Å². The molecule has 7 nitrogen and oxygen atoms in total. The van der Waals surface area contributed by atoms with E-state index < -0.39 is 0 Å². The number of H-pyrrole nitrogens is 1. The summed E-state index contributed by atoms with van der Waals surface area (Å²) >= 11 is 0. The average Bonchev–Trinajstić information content (AvgIpc) is 3.33. The van der Waals surface area contributed by atoms with Crippen LogP contribution in [0.1, 0.15) is 42.0 Å². The monoisotopic (exact) mass is 432 g/mol. The Bertz CT molecular complexity index is 913. The van der Waals surface area contributed by atoms with E-state index in [-0.39, 0.29) is 17.8 Å². The normalized spacial score (nSPS) is 10.8. The minimum absolute atomic E-state index is 0.0890. The minimum atomic E-state index is 0.0890. The van der Waals surface area contributed by atoms with Gasteiger partial charge in [0, 0.05) is 50.3 Å². The van der Waals surface area contributed by atoms with Crippen LogP contribution in [-0.4, -0.2) is 46.4 Å². The molecule has 0 aliphatic carbocycles. The van der Waals surface area contributed by atoms with Crippen molar-refractivity contribution in [3.8, 4) is 0 Å². The summed E-state index contributed by atoms with van der Waals surface area (Å²) in [6, 6.07) is 20.7. The van der Waals surface area contributed by atoms with Crippen molar-refractivity contribution in [2.24, 2.45) is 16.5 Å². The molecule has 3 rings (SSSR count). The zero-order chi connectivity index (χ0) is 22.6. The lowest BCUT2D eigenvalue weighted by Gasteiger charge is -2.28. The number of nitrogens with zero attached hydrogens (tertiary/aromatic N) is 3. The van der Waals surface area contributed by atoms with Gasteiger partial charge in [0.15, 0.2) is 5.96 Å². The van der Waals surface area contributed by atoms with Gasteiger partial charge in [-0.1, -0.05) is 60.7 Å². The number of hydrogen-bond acceptors (Lipinski definition) is 3. The number of aliphatic imine (C=N–C) groups is 1. The second-order valence-electron chi connectivity index (χ2n) is 7.80. The van der Waals surface area contributed by atoms with Crippen LogP contribution in [-0.2, 0) is 11.2 Å². The Balaban J connectivity index is 1.74. The highest BCUT2D eigenvalue weighted by atomic mass is 16.2. The van der Waals surface area contributed by atoms with Crippen LogP contribution in [0.5, 0.6) is 0 Å². The van der Waals surface area contributed by atoms with Gasteiger partial charge in [-0.3, -0.25) is 9.79 Å². The van der Waals surface area contributed by atoms with Gasteiger partial charge in [-0.25, -0.2) is 4.98 Å². The van der Waals surface area contributed by atoms with Crippen LogP contribution in [0.4, 0.5) is 0 Å². The third kappa shape index (κ3) is 7.27. The molecule has 2 aromatic carbocycles. The lowest BCUT2D eigenvalue weighted by Crippen LogP contribution is -2.36. The van der Waals surface area contributed by atoms with Gasteiger partial charge in [0.2, 0.25) is 5.91 Å². The van der Waals surface area contributed by atoms with Gasteiger partial charge in [-0.05, 0) is 24.0 Å². The SMILES string of the molecule is NC(N)=NCCCCC(=O)N(CCc1cnc[nH]1)CC(c1ccccc1)c1ccccc1. The summed E-state index contributed by atoms with van der Waals surface area (Å²) in [7, 11) is 0. The molecule has 1 amide bonds. The fourth-order valence-electron chi connectivity index (χ4n) is 3.74. The summed E-state index contributed by atoms with van der Waals surface area (Å²) in [4.78, 5) is 26.4. The van der Waals surface area contributed by atoms with E-state index in [1.807, 2.05) is 47.5 Å². The number of nitrogens with two attached hydrogens (primary N) is 2. The van der Waals surface area contributed by atoms with E-state index in [1.165, 1.54) is 11.1 Å². The van der Waals surface area contributed by atoms with E-state index >= 15 is 0 Å². The molecule has 0 spiro atoms. The second-order valence-corrected chi connectivity index (χ2v) is 7.80. The number of carbonyl (C=O) groups excluding carboxylic acids is 1. The molecule has 0 bridgehead atoms. The number of carbonyl (C=O) groups is 1. The maximum Gasteiger partial charge on any atom is 0.222 e. The average molecular weight is 433 g/mol. The number of unbranched alkanes of at least 4 members (excludes halogenated alkanes) is 1. The van der Waals surface area contributed by atoms with E-state index in [4.69, 9.17) is 11.5 Å². The molecule has 0 saturated carbocycles. The quantitative estimate of drug-likeness (QED) is 0.232. The molecule has 168 valence electrons. The number of amides is 1. The molecule has 7 heteroatoms. The Hall–Kier alpha value is -3.61. The van der Waals surface area contributed by atoms with Gasteiger partial charge in [0.25, 0.3) is 0 Å². The highest BCUT2D eigenvalue weighted by Gasteiger charge is 2.21. The Morgan fingerprint density at radius 2 is 1.66 bits per heavy atom. The summed E-state index contributed by atoms with van der Waals surface area (Å²) in [5.74, 6) is 0.335. The van der Waals surface area contributed by atoms with Crippen LogP contribution in [0.3, 0.4) is 0 Å². The second kappa shape index (κ2) is 12.3. The van der Waals surface area contributed by atoms with Crippen molar-refractivity contribution in [2.75, 3.05) is 19.6 Å². The van der Waals surface area contributed by atoms with Crippen molar-refractivity contribution < 1.29 is 4.79 Å². The summed E-state index contributed by atoms with van der Waals surface area (Å²) < 4.78 is 0. The molecule has 0 fully saturated rings. The molecule has 3 aromatic rings. The number of guanidine groups is 1. The zero-order valence-electron chi connectivity index (χ0n) is 18.4. The molecule has 0 saturated heterocycles. The molecule has 0 aliphatic rings. The fourth-order valence-corrected chi connectivity index (χ4v) is 3.74. The third-order valence-electron chi connectivity index (χ3n) is 5.46. The summed E-state index contributed by atoms with van der Waals surface area (Å²) in [5, 5.41) is 0. The molecule has 32 heavy (non-hydrogen) atoms. The molecular formula is C25H32N6O. The lowest BCUT2D eigenvalue weighted by atomic mass is 9.90. The number of aromatic amines is 1. The van der Waals surface area contributed by atoms with Crippen LogP contribution in [0.15, 0.2) is 78.2 Å².